The number of carbonyl (C=O) groups is 1. The van der Waals surface area contributed by atoms with Crippen LogP contribution in [0, 0.1) is 0 Å². The summed E-state index contributed by atoms with van der Waals surface area (Å²) in [7, 11) is 0. The van der Waals surface area contributed by atoms with Gasteiger partial charge in [-0.25, -0.2) is 4.99 Å². The van der Waals surface area contributed by atoms with Crippen molar-refractivity contribution in [1.82, 2.24) is 5.32 Å². The molecule has 1 saturated heterocycles. The Labute approximate surface area is 165 Å². The number of aliphatic imine (C=N–C) groups is 2. The molecule has 28 heavy (non-hydrogen) atoms. The Bertz CT molecular complexity index is 776. The minimum atomic E-state index is -0.474. The maximum absolute atomic E-state index is 12.4. The first-order valence-electron chi connectivity index (χ1n) is 10.1. The van der Waals surface area contributed by atoms with Crippen LogP contribution < -0.4 is 21.7 Å². The molecule has 0 radical (unpaired) electrons. The molecule has 2 aliphatic heterocycles. The molecule has 1 aliphatic carbocycles. The Balaban J connectivity index is 1.50. The molecule has 8 heteroatoms. The van der Waals surface area contributed by atoms with Crippen LogP contribution in [0.2, 0.25) is 0 Å². The quantitative estimate of drug-likeness (QED) is 0.730. The highest BCUT2D eigenvalue weighted by Crippen LogP contribution is 2.39. The van der Waals surface area contributed by atoms with Crippen molar-refractivity contribution >= 4 is 23.5 Å². The van der Waals surface area contributed by atoms with E-state index < -0.39 is 5.66 Å². The van der Waals surface area contributed by atoms with Crippen LogP contribution >= 0.6 is 0 Å². The van der Waals surface area contributed by atoms with Gasteiger partial charge in [0, 0.05) is 24.4 Å². The van der Waals surface area contributed by atoms with Crippen LogP contribution in [0.25, 0.3) is 0 Å². The highest BCUT2D eigenvalue weighted by molar-refractivity contribution is 6.06. The number of benzene rings is 1. The van der Waals surface area contributed by atoms with Crippen LogP contribution in [0.1, 0.15) is 55.3 Å². The molecule has 3 aliphatic rings. The summed E-state index contributed by atoms with van der Waals surface area (Å²) in [6.07, 6.45) is 7.28. The fourth-order valence-corrected chi connectivity index (χ4v) is 4.37. The summed E-state index contributed by atoms with van der Waals surface area (Å²) in [5.41, 5.74) is 13.2. The highest BCUT2D eigenvalue weighted by atomic mass is 16.5. The molecule has 5 N–H and O–H groups in total. The topological polar surface area (TPSA) is 118 Å². The molecular weight excluding hydrogens is 356 g/mol. The van der Waals surface area contributed by atoms with E-state index in [-0.39, 0.29) is 18.0 Å². The van der Waals surface area contributed by atoms with E-state index in [4.69, 9.17) is 16.2 Å². The molecular formula is C20H28N6O2. The fourth-order valence-electron chi connectivity index (χ4n) is 4.37. The van der Waals surface area contributed by atoms with Gasteiger partial charge in [-0.05, 0) is 62.8 Å². The predicted molar refractivity (Wildman–Crippen MR) is 109 cm³/mol. The van der Waals surface area contributed by atoms with Crippen molar-refractivity contribution in [3.63, 3.8) is 0 Å². The Hall–Kier alpha value is -2.61. The van der Waals surface area contributed by atoms with E-state index in [1.165, 1.54) is 6.42 Å². The summed E-state index contributed by atoms with van der Waals surface area (Å²) in [4.78, 5) is 23.2. The Kier molecular flexibility index (Phi) is 5.21. The van der Waals surface area contributed by atoms with Gasteiger partial charge in [0.25, 0.3) is 5.91 Å². The normalized spacial score (nSPS) is 24.0. The smallest absolute Gasteiger partial charge is 0.251 e. The van der Waals surface area contributed by atoms with Gasteiger partial charge in [-0.15, -0.1) is 0 Å². The lowest BCUT2D eigenvalue weighted by molar-refractivity contribution is 0.0858. The van der Waals surface area contributed by atoms with Crippen molar-refractivity contribution in [1.29, 1.82) is 0 Å². The van der Waals surface area contributed by atoms with Crippen molar-refractivity contribution in [3.8, 4) is 0 Å². The number of anilines is 1. The summed E-state index contributed by atoms with van der Waals surface area (Å²) in [5, 5.41) is 2.95. The number of nitrogens with two attached hydrogens (primary N) is 2. The van der Waals surface area contributed by atoms with Gasteiger partial charge in [0.15, 0.2) is 0 Å². The molecule has 1 atom stereocenters. The zero-order valence-electron chi connectivity index (χ0n) is 16.1. The lowest BCUT2D eigenvalue weighted by Gasteiger charge is -2.45. The Morgan fingerprint density at radius 3 is 2.61 bits per heavy atom. The van der Waals surface area contributed by atoms with E-state index in [1.807, 2.05) is 29.2 Å². The van der Waals surface area contributed by atoms with Crippen LogP contribution in [0.15, 0.2) is 34.3 Å². The van der Waals surface area contributed by atoms with Gasteiger partial charge >= 0.3 is 0 Å². The van der Waals surface area contributed by atoms with Gasteiger partial charge in [-0.1, -0.05) is 6.42 Å². The minimum absolute atomic E-state index is 0.100. The summed E-state index contributed by atoms with van der Waals surface area (Å²) >= 11 is 0. The first-order chi connectivity index (χ1) is 13.6. The van der Waals surface area contributed by atoms with Crippen LogP contribution in [0.3, 0.4) is 0 Å². The second-order valence-corrected chi connectivity index (χ2v) is 7.71. The number of carbonyl (C=O) groups excluding carboxylic acids is 1. The molecule has 4 rings (SSSR count). The molecule has 1 aromatic carbocycles. The third-order valence-electron chi connectivity index (χ3n) is 5.75. The van der Waals surface area contributed by atoms with E-state index in [9.17, 15) is 4.79 Å². The summed E-state index contributed by atoms with van der Waals surface area (Å²) in [5.74, 6) is 0.489. The number of guanidine groups is 2. The minimum Gasteiger partial charge on any atom is -0.376 e. The standard InChI is InChI=1S/C20H28N6O2/c21-18-24-19(22)26(20(25-18)10-2-1-3-11-20)15-8-6-14(7-9-15)17(27)23-13-16-5-4-12-28-16/h6-9,16H,1-5,10-13H2,(H,23,27)(H4,21,22,24,25). The SMILES string of the molecule is NC1=NC2(CCCCC2)N(c2ccc(C(=O)NCC3CCCO3)cc2)C(N)=N1. The van der Waals surface area contributed by atoms with Crippen LogP contribution in [-0.4, -0.2) is 42.7 Å². The Morgan fingerprint density at radius 1 is 1.18 bits per heavy atom. The lowest BCUT2D eigenvalue weighted by atomic mass is 9.87. The van der Waals surface area contributed by atoms with E-state index in [0.717, 1.165) is 50.8 Å². The maximum atomic E-state index is 12.4. The summed E-state index contributed by atoms with van der Waals surface area (Å²) in [6.45, 7) is 1.33. The number of amides is 1. The maximum Gasteiger partial charge on any atom is 0.251 e. The highest BCUT2D eigenvalue weighted by Gasteiger charge is 2.42. The number of nitrogens with one attached hydrogen (secondary N) is 1. The van der Waals surface area contributed by atoms with Crippen LogP contribution in [-0.2, 0) is 4.74 Å². The van der Waals surface area contributed by atoms with E-state index in [0.29, 0.717) is 18.1 Å². The van der Waals surface area contributed by atoms with E-state index >= 15 is 0 Å². The molecule has 1 aromatic rings. The molecule has 1 unspecified atom stereocenters. The van der Waals surface area contributed by atoms with Gasteiger partial charge in [0.2, 0.25) is 11.9 Å². The molecule has 2 fully saturated rings. The first kappa shape index (κ1) is 18.7. The van der Waals surface area contributed by atoms with Gasteiger partial charge in [0.05, 0.1) is 6.10 Å². The molecule has 1 saturated carbocycles. The Morgan fingerprint density at radius 2 is 1.93 bits per heavy atom. The lowest BCUT2D eigenvalue weighted by Crippen LogP contribution is -2.58. The zero-order chi connectivity index (χ0) is 19.6. The monoisotopic (exact) mass is 384 g/mol. The molecule has 0 aromatic heterocycles. The van der Waals surface area contributed by atoms with E-state index in [1.54, 1.807) is 0 Å². The van der Waals surface area contributed by atoms with Gasteiger partial charge in [-0.2, -0.15) is 4.99 Å². The van der Waals surface area contributed by atoms with Crippen LogP contribution in [0.5, 0.6) is 0 Å². The third-order valence-corrected chi connectivity index (χ3v) is 5.75. The molecule has 8 nitrogen and oxygen atoms in total. The number of ether oxygens (including phenoxy) is 1. The average Bonchev–Trinajstić information content (AvgIpc) is 3.20. The molecule has 0 bridgehead atoms. The van der Waals surface area contributed by atoms with Crippen molar-refractivity contribution in [2.75, 3.05) is 18.1 Å². The van der Waals surface area contributed by atoms with Gasteiger partial charge in [-0.3, -0.25) is 9.69 Å². The van der Waals surface area contributed by atoms with Crippen molar-refractivity contribution < 1.29 is 9.53 Å². The summed E-state index contributed by atoms with van der Waals surface area (Å²) < 4.78 is 5.55. The van der Waals surface area contributed by atoms with E-state index in [2.05, 4.69) is 15.3 Å². The zero-order valence-corrected chi connectivity index (χ0v) is 16.1. The first-order valence-corrected chi connectivity index (χ1v) is 10.1. The largest absolute Gasteiger partial charge is 0.376 e. The number of hydrogen-bond acceptors (Lipinski definition) is 7. The predicted octanol–water partition coefficient (Wildman–Crippen LogP) is 1.71. The number of hydrogen-bond donors (Lipinski definition) is 3. The molecule has 1 spiro atoms. The molecule has 150 valence electrons. The van der Waals surface area contributed by atoms with Gasteiger partial charge in [0.1, 0.15) is 5.66 Å². The average molecular weight is 384 g/mol. The summed E-state index contributed by atoms with van der Waals surface area (Å²) in [6, 6.07) is 7.42. The van der Waals surface area contributed by atoms with Gasteiger partial charge < -0.3 is 21.5 Å². The third kappa shape index (κ3) is 3.69. The number of rotatable bonds is 4. The second kappa shape index (κ2) is 7.79. The second-order valence-electron chi connectivity index (χ2n) is 7.71. The van der Waals surface area contributed by atoms with Crippen molar-refractivity contribution in [2.45, 2.75) is 56.7 Å². The fraction of sp³-hybridized carbons (Fsp3) is 0.550. The van der Waals surface area contributed by atoms with Crippen molar-refractivity contribution in [3.05, 3.63) is 29.8 Å². The molecule has 1 amide bonds. The van der Waals surface area contributed by atoms with Crippen LogP contribution in [0.4, 0.5) is 5.69 Å². The number of nitrogens with zero attached hydrogens (tertiary/aromatic N) is 3. The molecule has 2 heterocycles. The van der Waals surface area contributed by atoms with Crippen molar-refractivity contribution in [2.24, 2.45) is 21.5 Å².